The van der Waals surface area contributed by atoms with Gasteiger partial charge in [-0.15, -0.1) is 0 Å². The van der Waals surface area contributed by atoms with Crippen molar-refractivity contribution in [1.29, 1.82) is 0 Å². The molecule has 30 heavy (non-hydrogen) atoms. The predicted octanol–water partition coefficient (Wildman–Crippen LogP) is 2.63. The number of rotatable bonds is 4. The average molecular weight is 409 g/mol. The van der Waals surface area contributed by atoms with E-state index in [1.54, 1.807) is 4.90 Å². The summed E-state index contributed by atoms with van der Waals surface area (Å²) in [6, 6.07) is 6.89. The Hall–Kier alpha value is -3.09. The molecule has 1 atom stereocenters. The minimum Gasteiger partial charge on any atom is -0.494 e. The third kappa shape index (κ3) is 3.72. The molecular weight excluding hydrogens is 382 g/mol. The van der Waals surface area contributed by atoms with Gasteiger partial charge in [0.2, 0.25) is 11.8 Å². The van der Waals surface area contributed by atoms with E-state index >= 15 is 0 Å². The molecule has 2 aliphatic rings. The number of aromatic nitrogens is 2. The lowest BCUT2D eigenvalue weighted by Crippen LogP contribution is -2.43. The van der Waals surface area contributed by atoms with E-state index in [2.05, 4.69) is 11.1 Å². The number of benzene rings is 1. The Labute approximate surface area is 174 Å². The van der Waals surface area contributed by atoms with Gasteiger partial charge in [-0.25, -0.2) is 4.79 Å². The van der Waals surface area contributed by atoms with Crippen LogP contribution in [0.25, 0.3) is 0 Å². The van der Waals surface area contributed by atoms with Crippen LogP contribution in [-0.4, -0.2) is 32.0 Å². The highest BCUT2D eigenvalue weighted by atomic mass is 16.3. The Morgan fingerprint density at radius 2 is 2.00 bits per heavy atom. The molecule has 1 amide bonds. The van der Waals surface area contributed by atoms with Crippen molar-refractivity contribution < 1.29 is 9.90 Å². The molecule has 1 aromatic heterocycles. The highest BCUT2D eigenvalue weighted by Gasteiger charge is 2.35. The Morgan fingerprint density at radius 3 is 2.73 bits per heavy atom. The third-order valence-electron chi connectivity index (χ3n) is 6.21. The van der Waals surface area contributed by atoms with Gasteiger partial charge in [0.1, 0.15) is 5.56 Å². The summed E-state index contributed by atoms with van der Waals surface area (Å²) >= 11 is 0. The lowest BCUT2D eigenvalue weighted by Gasteiger charge is -2.37. The summed E-state index contributed by atoms with van der Waals surface area (Å²) in [7, 11) is 0. The van der Waals surface area contributed by atoms with Crippen molar-refractivity contribution in [1.82, 2.24) is 14.5 Å². The zero-order chi connectivity index (χ0) is 21.3. The van der Waals surface area contributed by atoms with Crippen LogP contribution in [0.4, 0.5) is 0 Å². The van der Waals surface area contributed by atoms with Gasteiger partial charge >= 0.3 is 5.69 Å². The van der Waals surface area contributed by atoms with Crippen molar-refractivity contribution in [3.8, 4) is 5.88 Å². The third-order valence-corrected chi connectivity index (χ3v) is 6.21. The van der Waals surface area contributed by atoms with Gasteiger partial charge in [-0.3, -0.25) is 19.1 Å². The average Bonchev–Trinajstić information content (AvgIpc) is 2.74. The second-order valence-electron chi connectivity index (χ2n) is 8.07. The molecule has 0 saturated carbocycles. The molecule has 1 aliphatic heterocycles. The molecule has 0 saturated heterocycles. The van der Waals surface area contributed by atoms with Crippen LogP contribution >= 0.6 is 0 Å². The molecule has 4 rings (SSSR count). The molecule has 0 fully saturated rings. The first-order valence-electron chi connectivity index (χ1n) is 10.6. The van der Waals surface area contributed by atoms with E-state index in [9.17, 15) is 19.5 Å². The maximum Gasteiger partial charge on any atom is 0.331 e. The van der Waals surface area contributed by atoms with Crippen LogP contribution in [0, 0.1) is 0 Å². The minimum absolute atomic E-state index is 0.0505. The summed E-state index contributed by atoms with van der Waals surface area (Å²) in [5.41, 5.74) is 1.88. The van der Waals surface area contributed by atoms with Crippen molar-refractivity contribution in [2.24, 2.45) is 0 Å². The van der Waals surface area contributed by atoms with Crippen LogP contribution in [0.5, 0.6) is 5.88 Å². The fraction of sp³-hybridized carbons (Fsp3) is 0.435. The van der Waals surface area contributed by atoms with Gasteiger partial charge < -0.3 is 10.0 Å². The van der Waals surface area contributed by atoms with Gasteiger partial charge in [-0.1, -0.05) is 35.9 Å². The molecule has 1 aromatic carbocycles. The van der Waals surface area contributed by atoms with Crippen LogP contribution in [0.3, 0.4) is 0 Å². The van der Waals surface area contributed by atoms with Crippen molar-refractivity contribution in [3.05, 3.63) is 73.4 Å². The number of nitrogens with zero attached hydrogens (tertiary/aromatic N) is 2. The molecule has 0 bridgehead atoms. The van der Waals surface area contributed by atoms with Crippen LogP contribution in [0.15, 0.2) is 45.5 Å². The molecule has 0 spiro atoms. The first kappa shape index (κ1) is 20.2. The predicted molar refractivity (Wildman–Crippen MR) is 114 cm³/mol. The van der Waals surface area contributed by atoms with Crippen LogP contribution in [0.2, 0.25) is 0 Å². The molecule has 1 aliphatic carbocycles. The zero-order valence-corrected chi connectivity index (χ0v) is 17.2. The van der Waals surface area contributed by atoms with Gasteiger partial charge in [0, 0.05) is 20.0 Å². The quantitative estimate of drug-likeness (QED) is 0.759. The molecular formula is C23H27N3O4. The number of hydrogen-bond acceptors (Lipinski definition) is 4. The minimum atomic E-state index is -0.725. The lowest BCUT2D eigenvalue weighted by atomic mass is 9.88. The van der Waals surface area contributed by atoms with Crippen LogP contribution in [-0.2, 0) is 17.8 Å². The standard InChI is InChI=1S/C23H27N3O4/c1-15(27)25-14-12-17-9-5-6-10-18(17)20(25)19-21(28)24-23(30)26(22(19)29)13-11-16-7-3-2-4-8-16/h5-7,9-10,20,29H,2-4,8,11-14H2,1H3,(H,24,28,30)/t20-/m0/s1. The van der Waals surface area contributed by atoms with Gasteiger partial charge in [0.25, 0.3) is 5.56 Å². The zero-order valence-electron chi connectivity index (χ0n) is 17.2. The van der Waals surface area contributed by atoms with Gasteiger partial charge in [0.05, 0.1) is 6.04 Å². The summed E-state index contributed by atoms with van der Waals surface area (Å²) in [6.07, 6.45) is 7.89. The molecule has 2 aromatic rings. The summed E-state index contributed by atoms with van der Waals surface area (Å²) in [6.45, 7) is 2.19. The second-order valence-corrected chi connectivity index (χ2v) is 8.07. The Morgan fingerprint density at radius 1 is 1.20 bits per heavy atom. The van der Waals surface area contributed by atoms with E-state index in [0.29, 0.717) is 19.4 Å². The Kier molecular flexibility index (Phi) is 5.61. The molecule has 0 unspecified atom stereocenters. The van der Waals surface area contributed by atoms with E-state index < -0.39 is 17.3 Å². The number of allylic oxidation sites excluding steroid dienone is 2. The van der Waals surface area contributed by atoms with Crippen LogP contribution < -0.4 is 11.2 Å². The number of amides is 1. The number of hydrogen-bond donors (Lipinski definition) is 2. The molecule has 7 heteroatoms. The van der Waals surface area contributed by atoms with Crippen molar-refractivity contribution in [2.45, 2.75) is 58.0 Å². The Balaban J connectivity index is 1.79. The number of aromatic hydroxyl groups is 1. The SMILES string of the molecule is CC(=O)N1CCc2ccccc2[C@H]1c1c(O)n(CCC2=CCCCC2)c(=O)[nH]c1=O. The molecule has 2 N–H and O–H groups in total. The lowest BCUT2D eigenvalue weighted by molar-refractivity contribution is -0.130. The second kappa shape index (κ2) is 8.34. The summed E-state index contributed by atoms with van der Waals surface area (Å²) in [5.74, 6) is -0.536. The Bertz CT molecular complexity index is 1110. The largest absolute Gasteiger partial charge is 0.494 e. The fourth-order valence-corrected chi connectivity index (χ4v) is 4.63. The molecule has 0 radical (unpaired) electrons. The molecule has 2 heterocycles. The normalized spacial score (nSPS) is 18.6. The number of aromatic amines is 1. The highest BCUT2D eigenvalue weighted by Crippen LogP contribution is 2.36. The van der Waals surface area contributed by atoms with Crippen molar-refractivity contribution in [3.63, 3.8) is 0 Å². The van der Waals surface area contributed by atoms with E-state index in [0.717, 1.165) is 30.4 Å². The first-order valence-corrected chi connectivity index (χ1v) is 10.6. The smallest absolute Gasteiger partial charge is 0.331 e. The monoisotopic (exact) mass is 409 g/mol. The first-order chi connectivity index (χ1) is 14.5. The maximum absolute atomic E-state index is 12.8. The number of carbonyl (C=O) groups excluding carboxylic acids is 1. The number of nitrogens with one attached hydrogen (secondary N) is 1. The topological polar surface area (TPSA) is 95.4 Å². The maximum atomic E-state index is 12.8. The molecule has 7 nitrogen and oxygen atoms in total. The summed E-state index contributed by atoms with van der Waals surface area (Å²) in [4.78, 5) is 41.6. The highest BCUT2D eigenvalue weighted by molar-refractivity contribution is 5.75. The summed E-state index contributed by atoms with van der Waals surface area (Å²) in [5, 5.41) is 11.0. The van der Waals surface area contributed by atoms with Crippen molar-refractivity contribution >= 4 is 5.91 Å². The van der Waals surface area contributed by atoms with Crippen molar-refractivity contribution in [2.75, 3.05) is 6.54 Å². The number of fused-ring (bicyclic) bond motifs is 1. The van der Waals surface area contributed by atoms with E-state index in [1.165, 1.54) is 23.5 Å². The van der Waals surface area contributed by atoms with Gasteiger partial charge in [0.15, 0.2) is 0 Å². The van der Waals surface area contributed by atoms with E-state index in [1.807, 2.05) is 24.3 Å². The fourth-order valence-electron chi connectivity index (χ4n) is 4.63. The number of carbonyl (C=O) groups is 1. The number of H-pyrrole nitrogens is 1. The van der Waals surface area contributed by atoms with Gasteiger partial charge in [-0.2, -0.15) is 0 Å². The van der Waals surface area contributed by atoms with Gasteiger partial charge in [-0.05, 0) is 49.7 Å². The molecule has 158 valence electrons. The van der Waals surface area contributed by atoms with E-state index in [4.69, 9.17) is 0 Å². The summed E-state index contributed by atoms with van der Waals surface area (Å²) < 4.78 is 1.22. The van der Waals surface area contributed by atoms with Crippen LogP contribution in [0.1, 0.15) is 61.8 Å². The van der Waals surface area contributed by atoms with E-state index in [-0.39, 0.29) is 23.9 Å².